The number of carbonyl (C=O) groups is 12. The molecule has 4 saturated carbocycles. The van der Waals surface area contributed by atoms with Gasteiger partial charge in [-0.25, -0.2) is 4.39 Å². The highest BCUT2D eigenvalue weighted by Gasteiger charge is 2.53. The molecule has 4 saturated heterocycles. The highest BCUT2D eigenvalue weighted by molar-refractivity contribution is 6.21. The molecule has 12 amide bonds. The highest BCUT2D eigenvalue weighted by atomic mass is 35.5. The molecule has 0 aromatic heterocycles. The fourth-order valence-corrected chi connectivity index (χ4v) is 18.5. The zero-order chi connectivity index (χ0) is 77.6. The van der Waals surface area contributed by atoms with Gasteiger partial charge in [0.15, 0.2) is 0 Å². The molecule has 25 nitrogen and oxygen atoms in total. The van der Waals surface area contributed by atoms with E-state index in [2.05, 4.69) is 16.0 Å². The zero-order valence-electron chi connectivity index (χ0n) is 64.4. The summed E-state index contributed by atoms with van der Waals surface area (Å²) in [5.41, 5.74) is -1.58. The SMILES string of the molecule is CC[C@H](C)[C@@H]1NC(=O)[C@H](CC(C)C)N(C)C(=O)C[C@@H](C(=O)N2CCOCC2)N(CC)C(=O)[C@H](C2CCCC2)N(C)C(=O)C2(CCCC2)NC(=O)[C@@H]2CCCN2C(=O)[C@H](CCC2CCC(C(F)(F)F)C(Cl)C2)NC(=O)CN(C)C(=O)[C@H](CC2CCC(F)CC2)N2CCCCC[C@@H](C2=O)N(C)C(=O)CN(C)C1=O. The maximum atomic E-state index is 16.0. The summed E-state index contributed by atoms with van der Waals surface area (Å²) in [4.78, 5) is 195. The average molecular weight is 1520 g/mol. The van der Waals surface area contributed by atoms with E-state index < -0.39 is 180 Å². The van der Waals surface area contributed by atoms with Crippen molar-refractivity contribution in [3.63, 3.8) is 0 Å². The van der Waals surface area contributed by atoms with E-state index in [1.54, 1.807) is 13.8 Å². The summed E-state index contributed by atoms with van der Waals surface area (Å²) in [7, 11) is 7.22. The first-order valence-electron chi connectivity index (χ1n) is 39.5. The van der Waals surface area contributed by atoms with E-state index in [-0.39, 0.29) is 147 Å². The lowest BCUT2D eigenvalue weighted by molar-refractivity contribution is -0.182. The van der Waals surface area contributed by atoms with E-state index in [1.807, 2.05) is 20.8 Å². The number of likely N-dealkylation sites (N-methyl/N-ethyl adjacent to an activating group) is 6. The van der Waals surface area contributed by atoms with Crippen LogP contribution in [-0.4, -0.2) is 281 Å². The van der Waals surface area contributed by atoms with Gasteiger partial charge in [-0.3, -0.25) is 57.5 Å². The first kappa shape index (κ1) is 85.2. The number of rotatable bonds is 12. The van der Waals surface area contributed by atoms with Crippen LogP contribution in [0.4, 0.5) is 17.6 Å². The molecule has 4 heterocycles. The number of morpholine rings is 1. The number of carbonyl (C=O) groups excluding carboxylic acids is 12. The number of amides is 12. The van der Waals surface area contributed by atoms with Crippen molar-refractivity contribution in [1.29, 1.82) is 0 Å². The highest BCUT2D eigenvalue weighted by Crippen LogP contribution is 2.44. The molecule has 3 unspecified atom stereocenters. The molecule has 0 aromatic rings. The maximum absolute atomic E-state index is 16.0. The van der Waals surface area contributed by atoms with Crippen molar-refractivity contribution in [1.82, 2.24) is 60.0 Å². The lowest BCUT2D eigenvalue weighted by atomic mass is 9.78. The molecule has 3 N–H and O–H groups in total. The standard InChI is InChI=1S/C76H121ClF4N12O13/c1-11-48(5)64-72(103)86(7)46-63(96)87(8)57-23-14-13-19-35-93(71(57)102)59(43-50-25-29-52(78)30-26-50)69(100)85(6)45-61(94)82-55(32-28-49-27-31-53(54(77)42-49)76(79,80)81)68(99)92-36-20-24-56(92)67(98)84-75(33-17-18-34-75)74(105)89(10)65(51-21-15-16-22-51)73(104)91(12-2)60(70(101)90-37-39-106-40-38-90)44-62(95)88(9)58(41-47(3)4)66(97)83-64/h47-60,64-65H,11-46H2,1-10H3,(H,82,94)(H,83,97)(H,84,98)/t48-,49?,50?,52?,53?,54?,55-,56-,57-,58-,59-,60-,64-,65-/m0/s1. The lowest BCUT2D eigenvalue weighted by Gasteiger charge is -2.43. The van der Waals surface area contributed by atoms with Crippen LogP contribution in [0.15, 0.2) is 0 Å². The molecule has 8 fully saturated rings. The van der Waals surface area contributed by atoms with Crippen molar-refractivity contribution in [2.45, 2.75) is 280 Å². The topological polar surface area (TPSA) is 279 Å². The Bertz CT molecular complexity index is 3090. The van der Waals surface area contributed by atoms with E-state index in [4.69, 9.17) is 16.3 Å². The van der Waals surface area contributed by atoms with Gasteiger partial charge < -0.3 is 64.8 Å². The molecule has 8 rings (SSSR count). The van der Waals surface area contributed by atoms with Crippen LogP contribution in [0, 0.1) is 35.5 Å². The van der Waals surface area contributed by atoms with Crippen LogP contribution in [0.25, 0.3) is 0 Å². The fraction of sp³-hybridized carbons (Fsp3) is 0.842. The number of nitrogens with zero attached hydrogens (tertiary/aromatic N) is 9. The first-order valence-corrected chi connectivity index (χ1v) is 40.0. The van der Waals surface area contributed by atoms with E-state index in [0.29, 0.717) is 70.6 Å². The molecular weight excluding hydrogens is 1400 g/mol. The Hall–Kier alpha value is -6.39. The van der Waals surface area contributed by atoms with Crippen molar-refractivity contribution < 1.29 is 79.8 Å². The van der Waals surface area contributed by atoms with Crippen LogP contribution < -0.4 is 16.0 Å². The quantitative estimate of drug-likeness (QED) is 0.138. The summed E-state index contributed by atoms with van der Waals surface area (Å²) in [6, 6.07) is -9.97. The molecule has 2 bridgehead atoms. The van der Waals surface area contributed by atoms with Crippen molar-refractivity contribution in [2.75, 3.05) is 94.3 Å². The van der Waals surface area contributed by atoms with Crippen molar-refractivity contribution in [3.05, 3.63) is 0 Å². The van der Waals surface area contributed by atoms with Gasteiger partial charge in [-0.2, -0.15) is 13.2 Å². The Morgan fingerprint density at radius 1 is 0.613 bits per heavy atom. The summed E-state index contributed by atoms with van der Waals surface area (Å²) in [6.45, 7) is 8.60. The minimum Gasteiger partial charge on any atom is -0.378 e. The summed E-state index contributed by atoms with van der Waals surface area (Å²) >= 11 is 6.44. The monoisotopic (exact) mass is 1520 g/mol. The molecule has 30 heteroatoms. The third-order valence-corrected chi connectivity index (χ3v) is 25.1. The molecule has 106 heavy (non-hydrogen) atoms. The van der Waals surface area contributed by atoms with E-state index >= 15 is 43.2 Å². The van der Waals surface area contributed by atoms with Crippen LogP contribution in [-0.2, 0) is 62.3 Å². The van der Waals surface area contributed by atoms with Crippen LogP contribution in [0.1, 0.15) is 208 Å². The smallest absolute Gasteiger partial charge is 0.378 e. The summed E-state index contributed by atoms with van der Waals surface area (Å²) < 4.78 is 62.7. The molecule has 598 valence electrons. The molecule has 12 atom stereocenters. The predicted molar refractivity (Wildman–Crippen MR) is 388 cm³/mol. The van der Waals surface area contributed by atoms with Gasteiger partial charge in [0.1, 0.15) is 60.0 Å². The fourth-order valence-electron chi connectivity index (χ4n) is 17.9. The zero-order valence-corrected chi connectivity index (χ0v) is 65.2. The van der Waals surface area contributed by atoms with E-state index in [1.165, 1.54) is 74.4 Å². The average Bonchev–Trinajstić information content (AvgIpc) is 1.48. The van der Waals surface area contributed by atoms with Crippen LogP contribution in [0.5, 0.6) is 0 Å². The predicted octanol–water partition coefficient (Wildman–Crippen LogP) is 6.59. The van der Waals surface area contributed by atoms with Gasteiger partial charge in [0.05, 0.1) is 38.6 Å². The van der Waals surface area contributed by atoms with E-state index in [0.717, 1.165) is 17.7 Å². The Morgan fingerprint density at radius 2 is 1.24 bits per heavy atom. The Balaban J connectivity index is 1.19. The first-order chi connectivity index (χ1) is 50.2. The van der Waals surface area contributed by atoms with Crippen molar-refractivity contribution in [3.8, 4) is 0 Å². The van der Waals surface area contributed by atoms with Gasteiger partial charge in [-0.1, -0.05) is 72.6 Å². The van der Waals surface area contributed by atoms with Crippen LogP contribution in [0.2, 0.25) is 0 Å². The maximum Gasteiger partial charge on any atom is 0.393 e. The van der Waals surface area contributed by atoms with Crippen molar-refractivity contribution >= 4 is 82.5 Å². The van der Waals surface area contributed by atoms with Gasteiger partial charge in [0.25, 0.3) is 0 Å². The Kier molecular flexibility index (Phi) is 30.8. The number of halogens is 5. The van der Waals surface area contributed by atoms with E-state index in [9.17, 15) is 31.9 Å². The van der Waals surface area contributed by atoms with Gasteiger partial charge >= 0.3 is 6.18 Å². The van der Waals surface area contributed by atoms with Gasteiger partial charge in [0, 0.05) is 73.3 Å². The summed E-state index contributed by atoms with van der Waals surface area (Å²) in [5, 5.41) is 7.65. The number of hydrogen-bond donors (Lipinski definition) is 3. The summed E-state index contributed by atoms with van der Waals surface area (Å²) in [6.07, 6.45) is 1.88. The number of hydrogen-bond acceptors (Lipinski definition) is 13. The Labute approximate surface area is 629 Å². The van der Waals surface area contributed by atoms with Gasteiger partial charge in [0.2, 0.25) is 70.9 Å². The largest absolute Gasteiger partial charge is 0.393 e. The normalized spacial score (nSPS) is 31.6. The second kappa shape index (κ2) is 38.3. The second-order valence-electron chi connectivity index (χ2n) is 32.4. The van der Waals surface area contributed by atoms with Crippen LogP contribution >= 0.6 is 11.6 Å². The Morgan fingerprint density at radius 3 is 1.86 bits per heavy atom. The molecule has 4 aliphatic heterocycles. The molecule has 1 spiro atoms. The number of fused-ring (bicyclic) bond motifs is 3. The number of ether oxygens (including phenoxy) is 1. The van der Waals surface area contributed by atoms with Gasteiger partial charge in [-0.05, 0) is 159 Å². The van der Waals surface area contributed by atoms with Crippen molar-refractivity contribution in [2.24, 2.45) is 35.5 Å². The molecule has 8 aliphatic rings. The minimum atomic E-state index is -4.53. The van der Waals surface area contributed by atoms with Crippen LogP contribution in [0.3, 0.4) is 0 Å². The molecule has 0 aromatic carbocycles. The molecule has 0 radical (unpaired) electrons. The third-order valence-electron chi connectivity index (χ3n) is 24.6. The van der Waals surface area contributed by atoms with Gasteiger partial charge in [-0.15, -0.1) is 11.6 Å². The second-order valence-corrected chi connectivity index (χ2v) is 32.9. The molecule has 4 aliphatic carbocycles. The lowest BCUT2D eigenvalue weighted by Crippen LogP contribution is -2.65. The summed E-state index contributed by atoms with van der Waals surface area (Å²) in [5.74, 6) is -11.1. The number of alkyl halides is 5. The molecular formula is C76H121ClF4N12O13. The number of nitrogens with one attached hydrogen (secondary N) is 3. The minimum absolute atomic E-state index is 0.0189. The third kappa shape index (κ3) is 20.9.